The topological polar surface area (TPSA) is 96.9 Å². The van der Waals surface area contributed by atoms with Gasteiger partial charge in [0.15, 0.2) is 0 Å². The fourth-order valence-electron chi connectivity index (χ4n) is 2.26. The lowest BCUT2D eigenvalue weighted by Gasteiger charge is -2.04. The van der Waals surface area contributed by atoms with Gasteiger partial charge in [-0.2, -0.15) is 5.10 Å². The van der Waals surface area contributed by atoms with E-state index < -0.39 is 23.6 Å². The van der Waals surface area contributed by atoms with E-state index in [2.05, 4.69) is 15.8 Å². The first-order valence-corrected chi connectivity index (χ1v) is 9.60. The van der Waals surface area contributed by atoms with Gasteiger partial charge in [0.1, 0.15) is 16.4 Å². The summed E-state index contributed by atoms with van der Waals surface area (Å²) in [5.41, 5.74) is 3.20. The molecule has 2 aromatic carbocycles. The SMILES string of the molecule is O=C(CNC(=O)c1ccc(F)cc1)NN=Cc1ccc(OC(=O)c2cccs2)cc1. The summed E-state index contributed by atoms with van der Waals surface area (Å²) in [6.45, 7) is -0.287. The number of ether oxygens (including phenoxy) is 1. The molecule has 1 heterocycles. The molecule has 2 amide bonds. The Bertz CT molecular complexity index is 1050. The average Bonchev–Trinajstić information content (AvgIpc) is 3.29. The number of halogens is 1. The van der Waals surface area contributed by atoms with Crippen molar-refractivity contribution in [2.45, 2.75) is 0 Å². The Morgan fingerprint density at radius 1 is 1.03 bits per heavy atom. The third kappa shape index (κ3) is 6.08. The van der Waals surface area contributed by atoms with Crippen LogP contribution in [0, 0.1) is 5.82 Å². The van der Waals surface area contributed by atoms with E-state index >= 15 is 0 Å². The fourth-order valence-corrected chi connectivity index (χ4v) is 2.85. The summed E-state index contributed by atoms with van der Waals surface area (Å²) in [5, 5.41) is 8.00. The summed E-state index contributed by atoms with van der Waals surface area (Å²) in [4.78, 5) is 36.0. The lowest BCUT2D eigenvalue weighted by atomic mass is 10.2. The highest BCUT2D eigenvalue weighted by Crippen LogP contribution is 2.16. The summed E-state index contributed by atoms with van der Waals surface area (Å²) in [6.07, 6.45) is 1.41. The van der Waals surface area contributed by atoms with E-state index in [4.69, 9.17) is 4.74 Å². The standard InChI is InChI=1S/C21H16FN3O4S/c22-16-7-5-15(6-8-16)20(27)23-13-19(26)25-24-12-14-3-9-17(10-4-14)29-21(28)18-2-1-11-30-18/h1-12H,13H2,(H,23,27)(H,25,26). The van der Waals surface area contributed by atoms with Crippen molar-refractivity contribution in [3.63, 3.8) is 0 Å². The molecule has 0 aliphatic heterocycles. The van der Waals surface area contributed by atoms with Crippen LogP contribution in [0.2, 0.25) is 0 Å². The smallest absolute Gasteiger partial charge is 0.353 e. The molecule has 0 radical (unpaired) electrons. The lowest BCUT2D eigenvalue weighted by Crippen LogP contribution is -2.34. The summed E-state index contributed by atoms with van der Waals surface area (Å²) >= 11 is 1.29. The van der Waals surface area contributed by atoms with E-state index in [1.807, 2.05) is 0 Å². The third-order valence-corrected chi connectivity index (χ3v) is 4.58. The van der Waals surface area contributed by atoms with Crippen molar-refractivity contribution < 1.29 is 23.5 Å². The van der Waals surface area contributed by atoms with Crippen LogP contribution >= 0.6 is 11.3 Å². The minimum atomic E-state index is -0.525. The number of nitrogens with one attached hydrogen (secondary N) is 2. The van der Waals surface area contributed by atoms with Gasteiger partial charge in [0, 0.05) is 5.56 Å². The van der Waals surface area contributed by atoms with Gasteiger partial charge in [0.2, 0.25) is 0 Å². The molecule has 0 bridgehead atoms. The van der Waals surface area contributed by atoms with Crippen molar-refractivity contribution in [1.29, 1.82) is 0 Å². The van der Waals surface area contributed by atoms with Gasteiger partial charge in [-0.15, -0.1) is 11.3 Å². The Kier molecular flexibility index (Phi) is 7.01. The van der Waals surface area contributed by atoms with Gasteiger partial charge in [0.25, 0.3) is 11.8 Å². The first-order chi connectivity index (χ1) is 14.5. The van der Waals surface area contributed by atoms with Crippen molar-refractivity contribution >= 4 is 35.3 Å². The quantitative estimate of drug-likeness (QED) is 0.263. The van der Waals surface area contributed by atoms with Crippen LogP contribution in [0.25, 0.3) is 0 Å². The highest BCUT2D eigenvalue weighted by atomic mass is 32.1. The Balaban J connectivity index is 1.43. The molecule has 0 saturated heterocycles. The molecule has 9 heteroatoms. The van der Waals surface area contributed by atoms with Crippen LogP contribution < -0.4 is 15.5 Å². The van der Waals surface area contributed by atoms with Gasteiger partial charge in [0.05, 0.1) is 12.8 Å². The Labute approximate surface area is 175 Å². The number of benzene rings is 2. The van der Waals surface area contributed by atoms with Gasteiger partial charge >= 0.3 is 5.97 Å². The summed E-state index contributed by atoms with van der Waals surface area (Å²) in [7, 11) is 0. The zero-order valence-electron chi connectivity index (χ0n) is 15.5. The van der Waals surface area contributed by atoms with E-state index in [0.29, 0.717) is 16.2 Å². The maximum absolute atomic E-state index is 12.8. The number of hydrogen-bond donors (Lipinski definition) is 2. The second kappa shape index (κ2) is 10.1. The minimum Gasteiger partial charge on any atom is -0.422 e. The zero-order chi connectivity index (χ0) is 21.3. The van der Waals surface area contributed by atoms with Crippen LogP contribution in [-0.4, -0.2) is 30.5 Å². The fraction of sp³-hybridized carbons (Fsp3) is 0.0476. The number of amides is 2. The minimum absolute atomic E-state index is 0.243. The Morgan fingerprint density at radius 3 is 2.43 bits per heavy atom. The van der Waals surface area contributed by atoms with E-state index in [9.17, 15) is 18.8 Å². The maximum Gasteiger partial charge on any atom is 0.353 e. The maximum atomic E-state index is 12.8. The molecule has 2 N–H and O–H groups in total. The second-order valence-corrected chi connectivity index (χ2v) is 6.87. The van der Waals surface area contributed by atoms with Crippen LogP contribution in [0.15, 0.2) is 71.1 Å². The van der Waals surface area contributed by atoms with Gasteiger partial charge in [-0.25, -0.2) is 14.6 Å². The van der Waals surface area contributed by atoms with Crippen molar-refractivity contribution in [2.75, 3.05) is 6.54 Å². The number of rotatable bonds is 7. The molecule has 1 aromatic heterocycles. The molecule has 0 spiro atoms. The molecule has 0 atom stereocenters. The van der Waals surface area contributed by atoms with Crippen LogP contribution in [0.1, 0.15) is 25.6 Å². The highest BCUT2D eigenvalue weighted by Gasteiger charge is 2.09. The van der Waals surface area contributed by atoms with Gasteiger partial charge in [-0.3, -0.25) is 9.59 Å². The lowest BCUT2D eigenvalue weighted by molar-refractivity contribution is -0.120. The number of hydrazone groups is 1. The number of esters is 1. The zero-order valence-corrected chi connectivity index (χ0v) is 16.3. The molecule has 3 rings (SSSR count). The molecule has 0 aliphatic carbocycles. The number of carbonyl (C=O) groups excluding carboxylic acids is 3. The number of thiophene rings is 1. The molecule has 30 heavy (non-hydrogen) atoms. The van der Waals surface area contributed by atoms with Gasteiger partial charge < -0.3 is 10.1 Å². The molecule has 0 unspecified atom stereocenters. The predicted octanol–water partition coefficient (Wildman–Crippen LogP) is 2.99. The first kappa shape index (κ1) is 20.9. The monoisotopic (exact) mass is 425 g/mol. The number of nitrogens with zero attached hydrogens (tertiary/aromatic N) is 1. The molecule has 152 valence electrons. The summed E-state index contributed by atoms with van der Waals surface area (Å²) in [6, 6.07) is 15.0. The largest absolute Gasteiger partial charge is 0.422 e. The average molecular weight is 425 g/mol. The normalized spacial score (nSPS) is 10.6. The van der Waals surface area contributed by atoms with Gasteiger partial charge in [-0.05, 0) is 65.5 Å². The van der Waals surface area contributed by atoms with E-state index in [1.165, 1.54) is 29.7 Å². The van der Waals surface area contributed by atoms with Crippen LogP contribution in [0.5, 0.6) is 5.75 Å². The number of hydrogen-bond acceptors (Lipinski definition) is 6. The molecule has 3 aromatic rings. The van der Waals surface area contributed by atoms with Gasteiger partial charge in [-0.1, -0.05) is 6.07 Å². The van der Waals surface area contributed by atoms with Crippen LogP contribution in [0.3, 0.4) is 0 Å². The van der Waals surface area contributed by atoms with E-state index in [-0.39, 0.29) is 12.1 Å². The highest BCUT2D eigenvalue weighted by molar-refractivity contribution is 7.12. The Morgan fingerprint density at radius 2 is 1.77 bits per heavy atom. The van der Waals surface area contributed by atoms with Crippen molar-refractivity contribution in [3.05, 3.63) is 87.9 Å². The van der Waals surface area contributed by atoms with Crippen molar-refractivity contribution in [2.24, 2.45) is 5.10 Å². The molecule has 0 fully saturated rings. The third-order valence-electron chi connectivity index (χ3n) is 3.73. The predicted molar refractivity (Wildman–Crippen MR) is 110 cm³/mol. The summed E-state index contributed by atoms with van der Waals surface area (Å²) in [5.74, 6) is -1.52. The molecular weight excluding hydrogens is 409 g/mol. The first-order valence-electron chi connectivity index (χ1n) is 8.73. The molecule has 0 saturated carbocycles. The van der Waals surface area contributed by atoms with Crippen LogP contribution in [0.4, 0.5) is 4.39 Å². The number of carbonyl (C=O) groups is 3. The van der Waals surface area contributed by atoms with E-state index in [1.54, 1.807) is 41.8 Å². The van der Waals surface area contributed by atoms with Crippen molar-refractivity contribution in [3.8, 4) is 5.75 Å². The Hall–Kier alpha value is -3.85. The molecule has 0 aliphatic rings. The van der Waals surface area contributed by atoms with E-state index in [0.717, 1.165) is 12.1 Å². The van der Waals surface area contributed by atoms with Crippen LogP contribution in [-0.2, 0) is 4.79 Å². The second-order valence-electron chi connectivity index (χ2n) is 5.92. The summed E-state index contributed by atoms with van der Waals surface area (Å²) < 4.78 is 18.1. The molecular formula is C21H16FN3O4S. The van der Waals surface area contributed by atoms with Crippen molar-refractivity contribution in [1.82, 2.24) is 10.7 Å². The molecule has 7 nitrogen and oxygen atoms in total.